The Labute approximate surface area is 157 Å². The summed E-state index contributed by atoms with van der Waals surface area (Å²) >= 11 is 5.87. The highest BCUT2D eigenvalue weighted by atomic mass is 35.5. The summed E-state index contributed by atoms with van der Waals surface area (Å²) in [6.45, 7) is 0.695. The molecule has 6 nitrogen and oxygen atoms in total. The van der Waals surface area contributed by atoms with Crippen molar-refractivity contribution in [2.75, 3.05) is 18.0 Å². The van der Waals surface area contributed by atoms with Gasteiger partial charge < -0.3 is 15.3 Å². The second-order valence-corrected chi connectivity index (χ2v) is 7.55. The molecule has 0 bridgehead atoms. The fourth-order valence-corrected chi connectivity index (χ4v) is 4.03. The zero-order valence-electron chi connectivity index (χ0n) is 14.5. The smallest absolute Gasteiger partial charge is 0.306 e. The Kier molecular flexibility index (Phi) is 5.81. The van der Waals surface area contributed by atoms with Gasteiger partial charge in [0.05, 0.1) is 11.8 Å². The third-order valence-electron chi connectivity index (χ3n) is 5.40. The molecule has 7 heteroatoms. The van der Waals surface area contributed by atoms with Crippen molar-refractivity contribution in [3.63, 3.8) is 0 Å². The van der Waals surface area contributed by atoms with Crippen molar-refractivity contribution < 1.29 is 19.5 Å². The van der Waals surface area contributed by atoms with E-state index in [1.165, 1.54) is 0 Å². The normalized spacial score (nSPS) is 26.0. The number of hydrogen-bond donors (Lipinski definition) is 2. The van der Waals surface area contributed by atoms with Crippen LogP contribution in [0.5, 0.6) is 0 Å². The summed E-state index contributed by atoms with van der Waals surface area (Å²) < 4.78 is 0. The summed E-state index contributed by atoms with van der Waals surface area (Å²) in [4.78, 5) is 37.7. The van der Waals surface area contributed by atoms with Crippen molar-refractivity contribution in [3.05, 3.63) is 29.3 Å². The SMILES string of the molecule is O=C(NC[C@@H]1CCCC[C@@H]1C(=O)O)C1CC(=O)N(c2ccc(Cl)cc2)C1. The van der Waals surface area contributed by atoms with Gasteiger partial charge in [-0.1, -0.05) is 24.4 Å². The van der Waals surface area contributed by atoms with Crippen LogP contribution < -0.4 is 10.2 Å². The molecule has 1 aromatic carbocycles. The Bertz CT molecular complexity index is 691. The standard InChI is InChI=1S/C19H23ClN2O4/c20-14-5-7-15(8-6-14)22-11-13(9-17(22)23)18(24)21-10-12-3-1-2-4-16(12)19(25)26/h5-8,12-13,16H,1-4,9-11H2,(H,21,24)(H,25,26)/t12-,13?,16-/m0/s1. The number of halogens is 1. The molecule has 1 aliphatic carbocycles. The van der Waals surface area contributed by atoms with Gasteiger partial charge in [0.15, 0.2) is 0 Å². The molecule has 2 aliphatic rings. The molecule has 0 radical (unpaired) electrons. The van der Waals surface area contributed by atoms with Crippen LogP contribution in [0.4, 0.5) is 5.69 Å². The average molecular weight is 379 g/mol. The molecule has 140 valence electrons. The predicted octanol–water partition coefficient (Wildman–Crippen LogP) is 2.70. The molecule has 1 aliphatic heterocycles. The number of carboxylic acid groups (broad SMARTS) is 1. The fourth-order valence-electron chi connectivity index (χ4n) is 3.91. The molecule has 2 fully saturated rings. The molecule has 1 saturated carbocycles. The van der Waals surface area contributed by atoms with Crippen LogP contribution in [0.1, 0.15) is 32.1 Å². The van der Waals surface area contributed by atoms with Crippen LogP contribution in [0.15, 0.2) is 24.3 Å². The number of nitrogens with zero attached hydrogens (tertiary/aromatic N) is 1. The minimum atomic E-state index is -0.783. The molecule has 1 aromatic rings. The predicted molar refractivity (Wildman–Crippen MR) is 98.0 cm³/mol. The van der Waals surface area contributed by atoms with Crippen molar-refractivity contribution in [1.82, 2.24) is 5.32 Å². The number of aliphatic carboxylic acids is 1. The highest BCUT2D eigenvalue weighted by molar-refractivity contribution is 6.30. The highest BCUT2D eigenvalue weighted by Crippen LogP contribution is 2.30. The molecule has 0 aromatic heterocycles. The molecule has 2 amide bonds. The monoisotopic (exact) mass is 378 g/mol. The van der Waals surface area contributed by atoms with E-state index in [1.807, 2.05) is 0 Å². The Morgan fingerprint density at radius 2 is 1.88 bits per heavy atom. The number of rotatable bonds is 5. The summed E-state index contributed by atoms with van der Waals surface area (Å²) in [6, 6.07) is 6.96. The molecular weight excluding hydrogens is 356 g/mol. The van der Waals surface area contributed by atoms with Gasteiger partial charge in [0, 0.05) is 30.2 Å². The van der Waals surface area contributed by atoms with Crippen molar-refractivity contribution in [2.45, 2.75) is 32.1 Å². The number of benzene rings is 1. The largest absolute Gasteiger partial charge is 0.481 e. The first kappa shape index (κ1) is 18.7. The van der Waals surface area contributed by atoms with Crippen LogP contribution in [0.25, 0.3) is 0 Å². The van der Waals surface area contributed by atoms with E-state index < -0.39 is 11.9 Å². The molecule has 3 atom stereocenters. The van der Waals surface area contributed by atoms with Gasteiger partial charge in [-0.3, -0.25) is 14.4 Å². The number of carbonyl (C=O) groups excluding carboxylic acids is 2. The van der Waals surface area contributed by atoms with Gasteiger partial charge in [0.1, 0.15) is 0 Å². The third kappa shape index (κ3) is 4.18. The molecule has 1 heterocycles. The van der Waals surface area contributed by atoms with Crippen molar-refractivity contribution in [2.24, 2.45) is 17.8 Å². The molecule has 26 heavy (non-hydrogen) atoms. The van der Waals surface area contributed by atoms with E-state index in [9.17, 15) is 19.5 Å². The number of nitrogens with one attached hydrogen (secondary N) is 1. The summed E-state index contributed by atoms with van der Waals surface area (Å²) in [7, 11) is 0. The minimum absolute atomic E-state index is 0.0327. The summed E-state index contributed by atoms with van der Waals surface area (Å²) in [6.07, 6.45) is 3.58. The van der Waals surface area contributed by atoms with Gasteiger partial charge in [0.25, 0.3) is 0 Å². The van der Waals surface area contributed by atoms with Gasteiger partial charge in [-0.25, -0.2) is 0 Å². The Morgan fingerprint density at radius 3 is 2.58 bits per heavy atom. The van der Waals surface area contributed by atoms with E-state index in [-0.39, 0.29) is 30.1 Å². The molecule has 3 rings (SSSR count). The highest BCUT2D eigenvalue weighted by Gasteiger charge is 2.36. The molecule has 0 spiro atoms. The maximum Gasteiger partial charge on any atom is 0.306 e. The zero-order chi connectivity index (χ0) is 18.7. The summed E-state index contributed by atoms with van der Waals surface area (Å²) in [5.41, 5.74) is 0.730. The van der Waals surface area contributed by atoms with Crippen LogP contribution in [0, 0.1) is 17.8 Å². The quantitative estimate of drug-likeness (QED) is 0.824. The number of anilines is 1. The van der Waals surface area contributed by atoms with Crippen molar-refractivity contribution >= 4 is 35.1 Å². The van der Waals surface area contributed by atoms with Crippen molar-refractivity contribution in [3.8, 4) is 0 Å². The molecule has 1 unspecified atom stereocenters. The van der Waals surface area contributed by atoms with Gasteiger partial charge in [0.2, 0.25) is 11.8 Å². The van der Waals surface area contributed by atoms with E-state index in [0.29, 0.717) is 24.5 Å². The van der Waals surface area contributed by atoms with Crippen LogP contribution in [-0.2, 0) is 14.4 Å². The lowest BCUT2D eigenvalue weighted by Gasteiger charge is -2.28. The van der Waals surface area contributed by atoms with E-state index in [1.54, 1.807) is 29.2 Å². The molecule has 2 N–H and O–H groups in total. The lowest BCUT2D eigenvalue weighted by molar-refractivity contribution is -0.145. The number of carbonyl (C=O) groups is 3. The number of amides is 2. The van der Waals surface area contributed by atoms with Gasteiger partial charge in [-0.2, -0.15) is 0 Å². The van der Waals surface area contributed by atoms with E-state index >= 15 is 0 Å². The lowest BCUT2D eigenvalue weighted by Crippen LogP contribution is -2.40. The molecular formula is C19H23ClN2O4. The molecule has 1 saturated heterocycles. The second kappa shape index (κ2) is 8.08. The van der Waals surface area contributed by atoms with Gasteiger partial charge in [-0.15, -0.1) is 0 Å². The lowest BCUT2D eigenvalue weighted by atomic mass is 9.79. The van der Waals surface area contributed by atoms with Crippen LogP contribution in [0.2, 0.25) is 5.02 Å². The van der Waals surface area contributed by atoms with E-state index in [2.05, 4.69) is 5.32 Å². The van der Waals surface area contributed by atoms with Crippen molar-refractivity contribution in [1.29, 1.82) is 0 Å². The Hall–Kier alpha value is -2.08. The fraction of sp³-hybridized carbons (Fsp3) is 0.526. The number of hydrogen-bond acceptors (Lipinski definition) is 3. The second-order valence-electron chi connectivity index (χ2n) is 7.12. The van der Waals surface area contributed by atoms with Gasteiger partial charge >= 0.3 is 5.97 Å². The van der Waals surface area contributed by atoms with Gasteiger partial charge in [-0.05, 0) is 43.0 Å². The summed E-state index contributed by atoms with van der Waals surface area (Å²) in [5.74, 6) is -1.88. The first-order chi connectivity index (χ1) is 12.5. The van der Waals surface area contributed by atoms with Crippen LogP contribution in [0.3, 0.4) is 0 Å². The summed E-state index contributed by atoms with van der Waals surface area (Å²) in [5, 5.41) is 12.8. The van der Waals surface area contributed by atoms with Crippen LogP contribution in [-0.4, -0.2) is 36.0 Å². The number of carboxylic acids is 1. The maximum atomic E-state index is 12.5. The Morgan fingerprint density at radius 1 is 1.19 bits per heavy atom. The maximum absolute atomic E-state index is 12.5. The first-order valence-corrected chi connectivity index (χ1v) is 9.40. The zero-order valence-corrected chi connectivity index (χ0v) is 15.2. The third-order valence-corrected chi connectivity index (χ3v) is 5.65. The van der Waals surface area contributed by atoms with E-state index in [4.69, 9.17) is 11.6 Å². The topological polar surface area (TPSA) is 86.7 Å². The van der Waals surface area contributed by atoms with Crippen LogP contribution >= 0.6 is 11.6 Å². The Balaban J connectivity index is 1.56. The minimum Gasteiger partial charge on any atom is -0.481 e. The van der Waals surface area contributed by atoms with E-state index in [0.717, 1.165) is 24.9 Å². The average Bonchev–Trinajstić information content (AvgIpc) is 3.02. The first-order valence-electron chi connectivity index (χ1n) is 9.02.